The predicted octanol–water partition coefficient (Wildman–Crippen LogP) is 4.66. The van der Waals surface area contributed by atoms with Crippen molar-refractivity contribution in [1.82, 2.24) is 9.97 Å². The number of anilines is 1. The quantitative estimate of drug-likeness (QED) is 0.586. The van der Waals surface area contributed by atoms with E-state index >= 15 is 0 Å². The SMILES string of the molecule is O=C(Nc1nc(-c2ccccc2)cc(-c2ccccc2)n1)c1ccco1. The van der Waals surface area contributed by atoms with Crippen LogP contribution in [0, 0.1) is 0 Å². The lowest BCUT2D eigenvalue weighted by atomic mass is 10.1. The van der Waals surface area contributed by atoms with Gasteiger partial charge in [-0.05, 0) is 18.2 Å². The average molecular weight is 341 g/mol. The molecule has 0 bridgehead atoms. The van der Waals surface area contributed by atoms with Crippen LogP contribution in [0.4, 0.5) is 5.95 Å². The first-order chi connectivity index (χ1) is 12.8. The molecule has 0 saturated heterocycles. The Bertz CT molecular complexity index is 956. The largest absolute Gasteiger partial charge is 0.459 e. The minimum Gasteiger partial charge on any atom is -0.459 e. The van der Waals surface area contributed by atoms with Crippen molar-refractivity contribution < 1.29 is 9.21 Å². The molecule has 2 aromatic carbocycles. The number of carbonyl (C=O) groups is 1. The molecule has 5 heteroatoms. The highest BCUT2D eigenvalue weighted by Gasteiger charge is 2.13. The fraction of sp³-hybridized carbons (Fsp3) is 0. The second-order valence-corrected chi connectivity index (χ2v) is 5.63. The molecule has 126 valence electrons. The fourth-order valence-corrected chi connectivity index (χ4v) is 2.59. The summed E-state index contributed by atoms with van der Waals surface area (Å²) in [5, 5.41) is 2.71. The maximum absolute atomic E-state index is 12.3. The van der Waals surface area contributed by atoms with Gasteiger partial charge in [-0.1, -0.05) is 60.7 Å². The Morgan fingerprint density at radius 1 is 0.769 bits per heavy atom. The molecular formula is C21H15N3O2. The Morgan fingerprint density at radius 2 is 1.35 bits per heavy atom. The summed E-state index contributed by atoms with van der Waals surface area (Å²) in [5.74, 6) is 0.0470. The Balaban J connectivity index is 1.76. The fourth-order valence-electron chi connectivity index (χ4n) is 2.59. The van der Waals surface area contributed by atoms with Crippen molar-refractivity contribution in [3.05, 3.63) is 90.9 Å². The van der Waals surface area contributed by atoms with Crippen LogP contribution in [0.3, 0.4) is 0 Å². The molecule has 4 rings (SSSR count). The van der Waals surface area contributed by atoms with E-state index < -0.39 is 0 Å². The van der Waals surface area contributed by atoms with E-state index in [1.165, 1.54) is 6.26 Å². The molecule has 0 aliphatic rings. The molecule has 0 radical (unpaired) electrons. The highest BCUT2D eigenvalue weighted by Crippen LogP contribution is 2.25. The predicted molar refractivity (Wildman–Crippen MR) is 99.6 cm³/mol. The molecule has 0 aliphatic carbocycles. The summed E-state index contributed by atoms with van der Waals surface area (Å²) in [6, 6.07) is 24.7. The van der Waals surface area contributed by atoms with E-state index in [0.29, 0.717) is 0 Å². The summed E-state index contributed by atoms with van der Waals surface area (Å²) in [7, 11) is 0. The van der Waals surface area contributed by atoms with E-state index in [2.05, 4.69) is 15.3 Å². The summed E-state index contributed by atoms with van der Waals surface area (Å²) in [4.78, 5) is 21.3. The van der Waals surface area contributed by atoms with Gasteiger partial charge >= 0.3 is 0 Å². The molecule has 0 saturated carbocycles. The van der Waals surface area contributed by atoms with Gasteiger partial charge in [0.25, 0.3) is 5.91 Å². The van der Waals surface area contributed by atoms with Crippen molar-refractivity contribution in [2.24, 2.45) is 0 Å². The molecule has 4 aromatic rings. The Hall–Kier alpha value is -3.73. The van der Waals surface area contributed by atoms with Crippen LogP contribution in [0.25, 0.3) is 22.5 Å². The molecule has 26 heavy (non-hydrogen) atoms. The molecule has 0 aliphatic heterocycles. The van der Waals surface area contributed by atoms with Crippen LogP contribution < -0.4 is 5.32 Å². The van der Waals surface area contributed by atoms with Crippen molar-refractivity contribution >= 4 is 11.9 Å². The summed E-state index contributed by atoms with van der Waals surface area (Å²) in [6.45, 7) is 0. The van der Waals surface area contributed by atoms with Gasteiger partial charge in [0.1, 0.15) is 0 Å². The first-order valence-electron chi connectivity index (χ1n) is 8.14. The Morgan fingerprint density at radius 3 is 1.85 bits per heavy atom. The number of hydrogen-bond acceptors (Lipinski definition) is 4. The number of benzene rings is 2. The smallest absolute Gasteiger partial charge is 0.293 e. The van der Waals surface area contributed by atoms with E-state index in [9.17, 15) is 4.79 Å². The molecule has 0 spiro atoms. The molecule has 1 N–H and O–H groups in total. The third-order valence-corrected chi connectivity index (χ3v) is 3.84. The number of carbonyl (C=O) groups excluding carboxylic acids is 1. The van der Waals surface area contributed by atoms with Crippen LogP contribution in [-0.2, 0) is 0 Å². The zero-order chi connectivity index (χ0) is 17.8. The number of hydrogen-bond donors (Lipinski definition) is 1. The minimum atomic E-state index is -0.390. The number of amides is 1. The Labute approximate surface area is 150 Å². The number of aromatic nitrogens is 2. The summed E-state index contributed by atoms with van der Waals surface area (Å²) >= 11 is 0. The summed E-state index contributed by atoms with van der Waals surface area (Å²) < 4.78 is 5.13. The summed E-state index contributed by atoms with van der Waals surface area (Å²) in [6.07, 6.45) is 1.45. The van der Waals surface area contributed by atoms with Crippen molar-refractivity contribution in [2.75, 3.05) is 5.32 Å². The standard InChI is InChI=1S/C21H15N3O2/c25-20(19-12-7-13-26-19)24-21-22-17(15-8-3-1-4-9-15)14-18(23-21)16-10-5-2-6-11-16/h1-14H,(H,22,23,24,25). The maximum atomic E-state index is 12.3. The first-order valence-corrected chi connectivity index (χ1v) is 8.14. The first kappa shape index (κ1) is 15.8. The molecule has 2 aromatic heterocycles. The molecule has 0 unspecified atom stereocenters. The van der Waals surface area contributed by atoms with Crippen molar-refractivity contribution in [1.29, 1.82) is 0 Å². The number of nitrogens with zero attached hydrogens (tertiary/aromatic N) is 2. The van der Waals surface area contributed by atoms with Gasteiger partial charge in [-0.3, -0.25) is 10.1 Å². The topological polar surface area (TPSA) is 68.0 Å². The maximum Gasteiger partial charge on any atom is 0.293 e. The van der Waals surface area contributed by atoms with Crippen molar-refractivity contribution in [3.8, 4) is 22.5 Å². The highest BCUT2D eigenvalue weighted by atomic mass is 16.3. The average Bonchev–Trinajstić information content (AvgIpc) is 3.24. The van der Waals surface area contributed by atoms with Gasteiger partial charge in [0, 0.05) is 11.1 Å². The van der Waals surface area contributed by atoms with Gasteiger partial charge in [-0.15, -0.1) is 0 Å². The normalized spacial score (nSPS) is 10.5. The van der Waals surface area contributed by atoms with E-state index in [1.807, 2.05) is 66.7 Å². The van der Waals surface area contributed by atoms with Crippen LogP contribution in [0.5, 0.6) is 0 Å². The lowest BCUT2D eigenvalue weighted by Gasteiger charge is -2.09. The van der Waals surface area contributed by atoms with Gasteiger partial charge in [-0.25, -0.2) is 9.97 Å². The van der Waals surface area contributed by atoms with Crippen LogP contribution in [0.1, 0.15) is 10.6 Å². The van der Waals surface area contributed by atoms with E-state index in [4.69, 9.17) is 4.42 Å². The second kappa shape index (κ2) is 7.03. The summed E-state index contributed by atoms with van der Waals surface area (Å²) in [5.41, 5.74) is 3.35. The monoisotopic (exact) mass is 341 g/mol. The van der Waals surface area contributed by atoms with Gasteiger partial charge in [0.2, 0.25) is 5.95 Å². The van der Waals surface area contributed by atoms with Crippen LogP contribution in [-0.4, -0.2) is 15.9 Å². The van der Waals surface area contributed by atoms with Crippen LogP contribution >= 0.6 is 0 Å². The third kappa shape index (κ3) is 3.37. The molecule has 0 atom stereocenters. The van der Waals surface area contributed by atoms with Gasteiger partial charge < -0.3 is 4.42 Å². The molecule has 0 fully saturated rings. The second-order valence-electron chi connectivity index (χ2n) is 5.63. The van der Waals surface area contributed by atoms with Crippen molar-refractivity contribution in [2.45, 2.75) is 0 Å². The highest BCUT2D eigenvalue weighted by molar-refractivity contribution is 6.01. The molecular weight excluding hydrogens is 326 g/mol. The van der Waals surface area contributed by atoms with Gasteiger partial charge in [-0.2, -0.15) is 0 Å². The van der Waals surface area contributed by atoms with Crippen LogP contribution in [0.2, 0.25) is 0 Å². The third-order valence-electron chi connectivity index (χ3n) is 3.84. The molecule has 1 amide bonds. The number of nitrogens with one attached hydrogen (secondary N) is 1. The zero-order valence-corrected chi connectivity index (χ0v) is 13.8. The minimum absolute atomic E-state index is 0.208. The van der Waals surface area contributed by atoms with Crippen molar-refractivity contribution in [3.63, 3.8) is 0 Å². The zero-order valence-electron chi connectivity index (χ0n) is 13.8. The van der Waals surface area contributed by atoms with Gasteiger partial charge in [0.15, 0.2) is 5.76 Å². The van der Waals surface area contributed by atoms with E-state index in [-0.39, 0.29) is 17.6 Å². The Kier molecular flexibility index (Phi) is 4.26. The van der Waals surface area contributed by atoms with Gasteiger partial charge in [0.05, 0.1) is 17.7 Å². The molecule has 2 heterocycles. The number of furan rings is 1. The molecule has 5 nitrogen and oxygen atoms in total. The van der Waals surface area contributed by atoms with Crippen LogP contribution in [0.15, 0.2) is 89.5 Å². The van der Waals surface area contributed by atoms with E-state index in [0.717, 1.165) is 22.5 Å². The lowest BCUT2D eigenvalue weighted by molar-refractivity contribution is 0.0996. The lowest BCUT2D eigenvalue weighted by Crippen LogP contribution is -2.14. The number of rotatable bonds is 4. The van der Waals surface area contributed by atoms with E-state index in [1.54, 1.807) is 12.1 Å².